The van der Waals surface area contributed by atoms with Crippen molar-refractivity contribution in [3.05, 3.63) is 73.1 Å². The number of methoxy groups -OCH3 is 1. The molecule has 0 amide bonds. The van der Waals surface area contributed by atoms with E-state index in [9.17, 15) is 14.9 Å². The summed E-state index contributed by atoms with van der Waals surface area (Å²) in [7, 11) is 1.42. The highest BCUT2D eigenvalue weighted by atomic mass is 35.5. The van der Waals surface area contributed by atoms with Gasteiger partial charge in [-0.3, -0.25) is 10.1 Å². The molecule has 7 nitrogen and oxygen atoms in total. The molecular weight excluding hydrogens is 374 g/mol. The SMILES string of the molecule is CCc1cc2oc(=O)cc(COc3ccc(OC)cc3[N+](=O)[O-])c2cc1Cl. The zero-order chi connectivity index (χ0) is 19.6. The smallest absolute Gasteiger partial charge is 0.336 e. The first-order valence-electron chi connectivity index (χ1n) is 8.13. The van der Waals surface area contributed by atoms with Crippen LogP contribution in [0.1, 0.15) is 18.1 Å². The zero-order valence-electron chi connectivity index (χ0n) is 14.7. The van der Waals surface area contributed by atoms with Gasteiger partial charge in [0.2, 0.25) is 0 Å². The molecule has 0 aliphatic rings. The van der Waals surface area contributed by atoms with E-state index in [1.165, 1.54) is 25.3 Å². The van der Waals surface area contributed by atoms with Crippen LogP contribution >= 0.6 is 11.6 Å². The molecule has 1 heterocycles. The molecule has 0 atom stereocenters. The second-order valence-electron chi connectivity index (χ2n) is 5.76. The summed E-state index contributed by atoms with van der Waals surface area (Å²) in [4.78, 5) is 22.6. The van der Waals surface area contributed by atoms with Crippen LogP contribution in [0.15, 0.2) is 45.6 Å². The number of aryl methyl sites for hydroxylation is 1. The molecule has 0 N–H and O–H groups in total. The van der Waals surface area contributed by atoms with E-state index in [1.807, 2.05) is 6.92 Å². The van der Waals surface area contributed by atoms with Crippen LogP contribution in [0.2, 0.25) is 5.02 Å². The molecule has 0 saturated heterocycles. The molecule has 0 bridgehead atoms. The van der Waals surface area contributed by atoms with E-state index < -0.39 is 10.5 Å². The van der Waals surface area contributed by atoms with Gasteiger partial charge in [0.1, 0.15) is 17.9 Å². The first-order chi connectivity index (χ1) is 12.9. The van der Waals surface area contributed by atoms with Crippen LogP contribution < -0.4 is 15.1 Å². The third-order valence-electron chi connectivity index (χ3n) is 4.12. The third kappa shape index (κ3) is 3.88. The van der Waals surface area contributed by atoms with Gasteiger partial charge in [0.05, 0.1) is 18.1 Å². The summed E-state index contributed by atoms with van der Waals surface area (Å²) < 4.78 is 15.9. The van der Waals surface area contributed by atoms with E-state index in [0.29, 0.717) is 33.7 Å². The lowest BCUT2D eigenvalue weighted by molar-refractivity contribution is -0.386. The van der Waals surface area contributed by atoms with E-state index in [1.54, 1.807) is 18.2 Å². The van der Waals surface area contributed by atoms with Crippen molar-refractivity contribution in [2.24, 2.45) is 0 Å². The first kappa shape index (κ1) is 18.7. The minimum absolute atomic E-state index is 0.0585. The number of hydrogen-bond acceptors (Lipinski definition) is 6. The third-order valence-corrected chi connectivity index (χ3v) is 4.48. The lowest BCUT2D eigenvalue weighted by Gasteiger charge is -2.11. The molecular formula is C19H16ClNO6. The highest BCUT2D eigenvalue weighted by molar-refractivity contribution is 6.32. The van der Waals surface area contributed by atoms with Gasteiger partial charge in [0, 0.05) is 22.0 Å². The van der Waals surface area contributed by atoms with Crippen molar-refractivity contribution in [3.63, 3.8) is 0 Å². The average molecular weight is 390 g/mol. The summed E-state index contributed by atoms with van der Waals surface area (Å²) >= 11 is 6.27. The fourth-order valence-electron chi connectivity index (χ4n) is 2.72. The van der Waals surface area contributed by atoms with Crippen LogP contribution in [-0.2, 0) is 13.0 Å². The highest BCUT2D eigenvalue weighted by Gasteiger charge is 2.18. The second-order valence-corrected chi connectivity index (χ2v) is 6.17. The van der Waals surface area contributed by atoms with E-state index in [0.717, 1.165) is 5.56 Å². The minimum Gasteiger partial charge on any atom is -0.496 e. The predicted molar refractivity (Wildman–Crippen MR) is 101 cm³/mol. The molecule has 3 aromatic rings. The fourth-order valence-corrected chi connectivity index (χ4v) is 3.02. The molecule has 0 saturated carbocycles. The summed E-state index contributed by atoms with van der Waals surface area (Å²) in [5.41, 5.74) is 1.02. The predicted octanol–water partition coefficient (Wildman–Crippen LogP) is 4.50. The number of nitro benzene ring substituents is 1. The summed E-state index contributed by atoms with van der Waals surface area (Å²) in [6.07, 6.45) is 0.692. The quantitative estimate of drug-likeness (QED) is 0.350. The molecule has 0 aliphatic carbocycles. The van der Waals surface area contributed by atoms with E-state index in [2.05, 4.69) is 0 Å². The Hall–Kier alpha value is -3.06. The van der Waals surface area contributed by atoms with E-state index >= 15 is 0 Å². The first-order valence-corrected chi connectivity index (χ1v) is 8.51. The van der Waals surface area contributed by atoms with Crippen molar-refractivity contribution in [3.8, 4) is 11.5 Å². The van der Waals surface area contributed by atoms with E-state index in [-0.39, 0.29) is 18.0 Å². The number of nitrogens with zero attached hydrogens (tertiary/aromatic N) is 1. The van der Waals surface area contributed by atoms with Crippen molar-refractivity contribution in [2.75, 3.05) is 7.11 Å². The van der Waals surface area contributed by atoms with Gasteiger partial charge in [-0.25, -0.2) is 4.79 Å². The lowest BCUT2D eigenvalue weighted by Crippen LogP contribution is -2.05. The zero-order valence-corrected chi connectivity index (χ0v) is 15.4. The Balaban J connectivity index is 1.99. The molecule has 0 radical (unpaired) electrons. The summed E-state index contributed by atoms with van der Waals surface area (Å²) in [5.74, 6) is 0.414. The van der Waals surface area contributed by atoms with Gasteiger partial charge >= 0.3 is 11.3 Å². The van der Waals surface area contributed by atoms with Crippen LogP contribution in [0, 0.1) is 10.1 Å². The van der Waals surface area contributed by atoms with E-state index in [4.69, 9.17) is 25.5 Å². The standard InChI is InChI=1S/C19H16ClNO6/c1-3-11-6-18-14(9-15(11)20)12(7-19(22)27-18)10-26-17-5-4-13(25-2)8-16(17)21(23)24/h4-9H,3,10H2,1-2H3. The molecule has 0 unspecified atom stereocenters. The summed E-state index contributed by atoms with van der Waals surface area (Å²) in [6, 6.07) is 9.01. The van der Waals surface area contributed by atoms with Crippen molar-refractivity contribution < 1.29 is 18.8 Å². The number of benzene rings is 2. The van der Waals surface area contributed by atoms with Crippen molar-refractivity contribution in [1.29, 1.82) is 0 Å². The molecule has 1 aromatic heterocycles. The van der Waals surface area contributed by atoms with Gasteiger partial charge < -0.3 is 13.9 Å². The Bertz CT molecular complexity index is 1080. The molecule has 0 spiro atoms. The molecule has 140 valence electrons. The number of fused-ring (bicyclic) bond motifs is 1. The Kier molecular flexibility index (Phi) is 5.32. The number of hydrogen-bond donors (Lipinski definition) is 0. The number of nitro groups is 1. The lowest BCUT2D eigenvalue weighted by atomic mass is 10.1. The summed E-state index contributed by atoms with van der Waals surface area (Å²) in [6.45, 7) is 1.89. The van der Waals surface area contributed by atoms with Crippen molar-refractivity contribution >= 4 is 28.3 Å². The van der Waals surface area contributed by atoms with Crippen LogP contribution in [0.5, 0.6) is 11.5 Å². The molecule has 3 rings (SSSR count). The average Bonchev–Trinajstić information content (AvgIpc) is 2.65. The van der Waals surface area contributed by atoms with Gasteiger partial charge in [0.25, 0.3) is 0 Å². The van der Waals surface area contributed by atoms with Crippen LogP contribution in [0.25, 0.3) is 11.0 Å². The molecule has 2 aromatic carbocycles. The Morgan fingerprint density at radius 3 is 2.63 bits per heavy atom. The topological polar surface area (TPSA) is 91.8 Å². The maximum absolute atomic E-state index is 11.9. The molecule has 0 aliphatic heterocycles. The maximum Gasteiger partial charge on any atom is 0.336 e. The molecule has 0 fully saturated rings. The summed E-state index contributed by atoms with van der Waals surface area (Å²) in [5, 5.41) is 12.4. The number of halogens is 1. The Labute approximate surface area is 159 Å². The molecule has 8 heteroatoms. The van der Waals surface area contributed by atoms with Gasteiger partial charge in [0.15, 0.2) is 5.75 Å². The largest absolute Gasteiger partial charge is 0.496 e. The Morgan fingerprint density at radius 2 is 1.96 bits per heavy atom. The minimum atomic E-state index is -0.556. The monoisotopic (exact) mass is 389 g/mol. The Morgan fingerprint density at radius 1 is 1.19 bits per heavy atom. The van der Waals surface area contributed by atoms with Crippen LogP contribution in [0.4, 0.5) is 5.69 Å². The van der Waals surface area contributed by atoms with Gasteiger partial charge in [-0.1, -0.05) is 18.5 Å². The number of rotatable bonds is 6. The normalized spacial score (nSPS) is 10.8. The van der Waals surface area contributed by atoms with Crippen LogP contribution in [0.3, 0.4) is 0 Å². The van der Waals surface area contributed by atoms with Gasteiger partial charge in [-0.05, 0) is 36.2 Å². The molecule has 27 heavy (non-hydrogen) atoms. The number of ether oxygens (including phenoxy) is 2. The fraction of sp³-hybridized carbons (Fsp3) is 0.211. The van der Waals surface area contributed by atoms with Crippen molar-refractivity contribution in [1.82, 2.24) is 0 Å². The second kappa shape index (κ2) is 7.67. The van der Waals surface area contributed by atoms with Crippen molar-refractivity contribution in [2.45, 2.75) is 20.0 Å². The maximum atomic E-state index is 11.9. The van der Waals surface area contributed by atoms with Gasteiger partial charge in [-0.15, -0.1) is 0 Å². The van der Waals surface area contributed by atoms with Gasteiger partial charge in [-0.2, -0.15) is 0 Å². The van der Waals surface area contributed by atoms with Crippen LogP contribution in [-0.4, -0.2) is 12.0 Å². The highest BCUT2D eigenvalue weighted by Crippen LogP contribution is 2.32.